The second-order valence-electron chi connectivity index (χ2n) is 6.11. The van der Waals surface area contributed by atoms with Crippen LogP contribution in [0.25, 0.3) is 0 Å². The molecule has 0 saturated carbocycles. The number of aryl methyl sites for hydroxylation is 2. The Bertz CT molecular complexity index is 800. The normalized spacial score (nSPS) is 15.4. The van der Waals surface area contributed by atoms with Crippen molar-refractivity contribution in [2.24, 2.45) is 0 Å². The van der Waals surface area contributed by atoms with Gasteiger partial charge in [0, 0.05) is 6.04 Å². The van der Waals surface area contributed by atoms with Gasteiger partial charge < -0.3 is 0 Å². The van der Waals surface area contributed by atoms with Gasteiger partial charge in [-0.15, -0.1) is 0 Å². The van der Waals surface area contributed by atoms with Crippen molar-refractivity contribution in [1.29, 1.82) is 0 Å². The van der Waals surface area contributed by atoms with Crippen LogP contribution in [0.4, 0.5) is 4.39 Å². The summed E-state index contributed by atoms with van der Waals surface area (Å²) in [4.78, 5) is 0. The van der Waals surface area contributed by atoms with Crippen LogP contribution in [0.2, 0.25) is 0 Å². The first-order valence-electron chi connectivity index (χ1n) is 7.79. The molecule has 3 nitrogen and oxygen atoms in total. The number of sulfonamides is 1. The average molecular weight is 333 g/mol. The van der Waals surface area contributed by atoms with Gasteiger partial charge >= 0.3 is 0 Å². The molecular weight excluding hydrogens is 313 g/mol. The molecule has 23 heavy (non-hydrogen) atoms. The van der Waals surface area contributed by atoms with Crippen LogP contribution in [0.15, 0.2) is 42.5 Å². The maximum absolute atomic E-state index is 12.9. The van der Waals surface area contributed by atoms with E-state index in [-0.39, 0.29) is 17.6 Å². The SMILES string of the molecule is C[C@@H](NS(=O)(=O)Cc1ccc(F)cc1)c1ccc2c(c1)CCC2. The van der Waals surface area contributed by atoms with Crippen LogP contribution in [-0.2, 0) is 28.6 Å². The molecule has 1 aliphatic rings. The first kappa shape index (κ1) is 16.1. The summed E-state index contributed by atoms with van der Waals surface area (Å²) in [7, 11) is -3.48. The van der Waals surface area contributed by atoms with Gasteiger partial charge in [0.1, 0.15) is 5.82 Å². The van der Waals surface area contributed by atoms with E-state index in [0.717, 1.165) is 18.4 Å². The van der Waals surface area contributed by atoms with Crippen LogP contribution in [0.1, 0.15) is 41.6 Å². The fourth-order valence-corrected chi connectivity index (χ4v) is 4.43. The number of hydrogen-bond donors (Lipinski definition) is 1. The maximum atomic E-state index is 12.9. The summed E-state index contributed by atoms with van der Waals surface area (Å²) in [5.74, 6) is -0.520. The molecule has 0 radical (unpaired) electrons. The predicted molar refractivity (Wildman–Crippen MR) is 89.0 cm³/mol. The lowest BCUT2D eigenvalue weighted by Crippen LogP contribution is -2.28. The lowest BCUT2D eigenvalue weighted by Gasteiger charge is -2.16. The Morgan fingerprint density at radius 1 is 1.09 bits per heavy atom. The summed E-state index contributed by atoms with van der Waals surface area (Å²) in [6, 6.07) is 11.4. The monoisotopic (exact) mass is 333 g/mol. The summed E-state index contributed by atoms with van der Waals surface area (Å²) >= 11 is 0. The number of hydrogen-bond acceptors (Lipinski definition) is 2. The zero-order valence-electron chi connectivity index (χ0n) is 13.0. The maximum Gasteiger partial charge on any atom is 0.216 e. The third-order valence-electron chi connectivity index (χ3n) is 4.25. The second-order valence-corrected chi connectivity index (χ2v) is 7.86. The van der Waals surface area contributed by atoms with E-state index >= 15 is 0 Å². The van der Waals surface area contributed by atoms with Gasteiger partial charge in [0.25, 0.3) is 0 Å². The predicted octanol–water partition coefficient (Wildman–Crippen LogP) is 3.50. The van der Waals surface area contributed by atoms with Gasteiger partial charge in [-0.05, 0) is 60.6 Å². The minimum absolute atomic E-state index is 0.150. The highest BCUT2D eigenvalue weighted by molar-refractivity contribution is 7.88. The quantitative estimate of drug-likeness (QED) is 0.910. The van der Waals surface area contributed by atoms with E-state index in [0.29, 0.717) is 5.56 Å². The van der Waals surface area contributed by atoms with E-state index in [1.165, 1.54) is 41.8 Å². The van der Waals surface area contributed by atoms with Crippen molar-refractivity contribution in [3.63, 3.8) is 0 Å². The first-order valence-corrected chi connectivity index (χ1v) is 9.44. The molecule has 1 aliphatic carbocycles. The molecule has 0 amide bonds. The summed E-state index contributed by atoms with van der Waals surface area (Å²) in [5, 5.41) is 0. The number of nitrogens with one attached hydrogen (secondary N) is 1. The summed E-state index contributed by atoms with van der Waals surface area (Å²) in [5.41, 5.74) is 4.25. The Labute approximate surface area is 136 Å². The first-order chi connectivity index (χ1) is 10.9. The van der Waals surface area contributed by atoms with Crippen LogP contribution >= 0.6 is 0 Å². The van der Waals surface area contributed by atoms with Gasteiger partial charge in [0.15, 0.2) is 0 Å². The zero-order chi connectivity index (χ0) is 16.4. The lowest BCUT2D eigenvalue weighted by atomic mass is 10.0. The topological polar surface area (TPSA) is 46.2 Å². The van der Waals surface area contributed by atoms with Gasteiger partial charge in [-0.3, -0.25) is 0 Å². The molecule has 0 unspecified atom stereocenters. The summed E-state index contributed by atoms with van der Waals surface area (Å²) in [6.45, 7) is 1.85. The van der Waals surface area contributed by atoms with Crippen molar-refractivity contribution < 1.29 is 12.8 Å². The molecule has 3 rings (SSSR count). The van der Waals surface area contributed by atoms with Crippen molar-refractivity contribution in [2.75, 3.05) is 0 Å². The van der Waals surface area contributed by atoms with Crippen molar-refractivity contribution in [1.82, 2.24) is 4.72 Å². The van der Waals surface area contributed by atoms with E-state index in [2.05, 4.69) is 16.9 Å². The molecule has 2 aromatic carbocycles. The Kier molecular flexibility index (Phi) is 4.50. The average Bonchev–Trinajstić information content (AvgIpc) is 2.96. The highest BCUT2D eigenvalue weighted by Gasteiger charge is 2.18. The Balaban J connectivity index is 1.70. The molecular formula is C18H20FNO2S. The van der Waals surface area contributed by atoms with Gasteiger partial charge in [-0.25, -0.2) is 17.5 Å². The van der Waals surface area contributed by atoms with E-state index in [1.54, 1.807) is 0 Å². The molecule has 2 aromatic rings. The third kappa shape index (κ3) is 3.98. The smallest absolute Gasteiger partial charge is 0.212 e. The number of halogens is 1. The molecule has 0 aromatic heterocycles. The molecule has 5 heteroatoms. The fraction of sp³-hybridized carbons (Fsp3) is 0.333. The van der Waals surface area contributed by atoms with Crippen molar-refractivity contribution >= 4 is 10.0 Å². The number of benzene rings is 2. The fourth-order valence-electron chi connectivity index (χ4n) is 3.04. The molecule has 1 N–H and O–H groups in total. The van der Waals surface area contributed by atoms with Crippen molar-refractivity contribution in [3.8, 4) is 0 Å². The Morgan fingerprint density at radius 2 is 1.78 bits per heavy atom. The minimum Gasteiger partial charge on any atom is -0.212 e. The van der Waals surface area contributed by atoms with Gasteiger partial charge in [0.05, 0.1) is 5.75 Å². The summed E-state index contributed by atoms with van der Waals surface area (Å²) in [6.07, 6.45) is 3.35. The molecule has 0 saturated heterocycles. The zero-order valence-corrected chi connectivity index (χ0v) is 13.9. The highest BCUT2D eigenvalue weighted by Crippen LogP contribution is 2.25. The number of fused-ring (bicyclic) bond motifs is 1. The largest absolute Gasteiger partial charge is 0.216 e. The van der Waals surface area contributed by atoms with E-state index in [1.807, 2.05) is 13.0 Å². The summed E-state index contributed by atoms with van der Waals surface area (Å²) < 4.78 is 40.2. The molecule has 122 valence electrons. The van der Waals surface area contributed by atoms with Gasteiger partial charge in [0.2, 0.25) is 10.0 Å². The van der Waals surface area contributed by atoms with Gasteiger partial charge in [-0.1, -0.05) is 30.3 Å². The third-order valence-corrected chi connectivity index (χ3v) is 5.67. The van der Waals surface area contributed by atoms with Crippen LogP contribution in [-0.4, -0.2) is 8.42 Å². The van der Waals surface area contributed by atoms with E-state index in [4.69, 9.17) is 0 Å². The van der Waals surface area contributed by atoms with Crippen molar-refractivity contribution in [2.45, 2.75) is 38.0 Å². The van der Waals surface area contributed by atoms with Crippen molar-refractivity contribution in [3.05, 3.63) is 70.5 Å². The molecule has 0 aliphatic heterocycles. The van der Waals surface area contributed by atoms with Crippen LogP contribution in [0.5, 0.6) is 0 Å². The molecule has 0 spiro atoms. The number of rotatable bonds is 5. The van der Waals surface area contributed by atoms with Crippen LogP contribution < -0.4 is 4.72 Å². The molecule has 1 atom stereocenters. The molecule has 0 heterocycles. The highest BCUT2D eigenvalue weighted by atomic mass is 32.2. The van der Waals surface area contributed by atoms with E-state index < -0.39 is 10.0 Å². The Hall–Kier alpha value is -1.72. The molecule has 0 fully saturated rings. The van der Waals surface area contributed by atoms with Gasteiger partial charge in [-0.2, -0.15) is 0 Å². The second kappa shape index (κ2) is 6.42. The van der Waals surface area contributed by atoms with E-state index in [9.17, 15) is 12.8 Å². The van der Waals surface area contributed by atoms with Crippen LogP contribution in [0.3, 0.4) is 0 Å². The minimum atomic E-state index is -3.48. The lowest BCUT2D eigenvalue weighted by molar-refractivity contribution is 0.565. The Morgan fingerprint density at radius 3 is 2.52 bits per heavy atom. The van der Waals surface area contributed by atoms with Crippen LogP contribution in [0, 0.1) is 5.82 Å². The standard InChI is InChI=1S/C18H20FNO2S/c1-13(16-8-7-15-3-2-4-17(15)11-16)20-23(21,22)12-14-5-9-18(19)10-6-14/h5-11,13,20H,2-4,12H2,1H3/t13-/m1/s1. The molecule has 0 bridgehead atoms.